The molecule has 60 heavy (non-hydrogen) atoms. The predicted octanol–water partition coefficient (Wildman–Crippen LogP) is 5.65. The first-order chi connectivity index (χ1) is 28.8. The van der Waals surface area contributed by atoms with Crippen molar-refractivity contribution in [2.45, 2.75) is 70.9 Å². The van der Waals surface area contributed by atoms with Crippen LogP contribution < -0.4 is 21.4 Å². The lowest BCUT2D eigenvalue weighted by Gasteiger charge is -2.29. The Morgan fingerprint density at radius 2 is 1.88 bits per heavy atom. The first-order valence-electron chi connectivity index (χ1n) is 19.8. The van der Waals surface area contributed by atoms with Crippen molar-refractivity contribution in [1.29, 1.82) is 0 Å². The summed E-state index contributed by atoms with van der Waals surface area (Å²) in [7, 11) is 2.92. The molecule has 2 amide bonds. The third-order valence-electron chi connectivity index (χ3n) is 10.4. The lowest BCUT2D eigenvalue weighted by atomic mass is 9.87. The van der Waals surface area contributed by atoms with Crippen molar-refractivity contribution in [3.05, 3.63) is 87.6 Å². The van der Waals surface area contributed by atoms with E-state index in [1.165, 1.54) is 44.6 Å². The highest BCUT2D eigenvalue weighted by Gasteiger charge is 2.30. The summed E-state index contributed by atoms with van der Waals surface area (Å²) in [5.74, 6) is 4.86. The number of nitrogens with one attached hydrogen (secondary N) is 1. The molecule has 3 aromatic rings. The van der Waals surface area contributed by atoms with Gasteiger partial charge in [0.1, 0.15) is 23.3 Å². The van der Waals surface area contributed by atoms with E-state index in [1.54, 1.807) is 50.4 Å². The summed E-state index contributed by atoms with van der Waals surface area (Å²) in [5, 5.41) is 37.3. The Hall–Kier alpha value is -5.92. The number of para-hydroxylation sites is 1. The van der Waals surface area contributed by atoms with Gasteiger partial charge in [-0.3, -0.25) is 14.6 Å². The second-order valence-electron chi connectivity index (χ2n) is 14.9. The topological polar surface area (TPSA) is 216 Å². The average molecular weight is 827 g/mol. The number of morpholine rings is 1. The van der Waals surface area contributed by atoms with Crippen LogP contribution in [0.15, 0.2) is 80.5 Å². The Labute approximate surface area is 349 Å². The lowest BCUT2D eigenvalue weighted by Crippen LogP contribution is -2.37. The van der Waals surface area contributed by atoms with Gasteiger partial charge in [-0.2, -0.15) is 0 Å². The van der Waals surface area contributed by atoms with Gasteiger partial charge in [0.05, 0.1) is 42.1 Å². The Morgan fingerprint density at radius 3 is 2.60 bits per heavy atom. The van der Waals surface area contributed by atoms with Gasteiger partial charge in [-0.15, -0.1) is 0 Å². The molecule has 0 aliphatic carbocycles. The maximum Gasteiger partial charge on any atom is 0.405 e. The number of carbonyl (C=O) groups excluding carboxylic acids is 2. The minimum atomic E-state index is -1.01. The van der Waals surface area contributed by atoms with Gasteiger partial charge in [0.2, 0.25) is 5.91 Å². The molecule has 2 bridgehead atoms. The third-order valence-corrected chi connectivity index (χ3v) is 10.4. The van der Waals surface area contributed by atoms with Crippen LogP contribution in [0.3, 0.4) is 0 Å². The van der Waals surface area contributed by atoms with Gasteiger partial charge in [-0.1, -0.05) is 56.1 Å². The molecule has 15 nitrogen and oxygen atoms in total. The number of benzene rings is 2. The number of carbonyl (C=O) groups is 2. The largest absolute Gasteiger partial charge is 0.506 e. The van der Waals surface area contributed by atoms with Crippen LogP contribution in [-0.2, 0) is 30.2 Å². The summed E-state index contributed by atoms with van der Waals surface area (Å²) in [6.45, 7) is 7.77. The summed E-state index contributed by atoms with van der Waals surface area (Å²) in [6.07, 6.45) is 5.99. The van der Waals surface area contributed by atoms with E-state index in [1.807, 2.05) is 11.8 Å². The number of unbranched alkanes of at least 4 members (excludes halogenated alkanes) is 1. The van der Waals surface area contributed by atoms with Crippen molar-refractivity contribution in [2.24, 2.45) is 22.6 Å². The maximum atomic E-state index is 13.0. The number of anilines is 2. The number of aromatic hydroxyl groups is 2. The second-order valence-corrected chi connectivity index (χ2v) is 14.9. The quantitative estimate of drug-likeness (QED) is 0.0488. The van der Waals surface area contributed by atoms with Crippen LogP contribution >= 0.6 is 0 Å². The Morgan fingerprint density at radius 1 is 1.12 bits per heavy atom. The number of allylic oxidation sites excluding steroid dienone is 2. The first kappa shape index (κ1) is 45.2. The number of hydrogen-bond donors (Lipinski definition) is 5. The van der Waals surface area contributed by atoms with Gasteiger partial charge in [-0.25, -0.2) is 4.79 Å². The van der Waals surface area contributed by atoms with Crippen LogP contribution in [0.2, 0.25) is 0 Å². The molecule has 0 spiro atoms. The highest BCUT2D eigenvalue weighted by molar-refractivity contribution is 6.01. The fourth-order valence-electron chi connectivity index (χ4n) is 7.28. The number of aliphatic hydroxyl groups excluding tert-OH is 1. The summed E-state index contributed by atoms with van der Waals surface area (Å²) in [4.78, 5) is 44.3. The number of aliphatic imine (C=N–C) groups is 1. The number of aliphatic hydroxyl groups is 1. The molecule has 0 unspecified atom stereocenters. The molecule has 6 N–H and O–H groups in total. The minimum Gasteiger partial charge on any atom is -0.506 e. The maximum absolute atomic E-state index is 13.0. The van der Waals surface area contributed by atoms with Gasteiger partial charge in [0.25, 0.3) is 0 Å². The smallest absolute Gasteiger partial charge is 0.405 e. The third kappa shape index (κ3) is 11.6. The van der Waals surface area contributed by atoms with Gasteiger partial charge in [-0.05, 0) is 49.8 Å². The Bertz CT molecular complexity index is 2250. The van der Waals surface area contributed by atoms with Crippen LogP contribution in [0.5, 0.6) is 11.5 Å². The molecule has 2 aliphatic rings. The van der Waals surface area contributed by atoms with E-state index in [9.17, 15) is 29.7 Å². The molecule has 2 aliphatic heterocycles. The number of methoxy groups -OCH3 is 2. The van der Waals surface area contributed by atoms with Crippen molar-refractivity contribution in [1.82, 2.24) is 0 Å². The predicted molar refractivity (Wildman–Crippen MR) is 229 cm³/mol. The minimum absolute atomic E-state index is 0.0314. The number of amides is 2. The van der Waals surface area contributed by atoms with Crippen molar-refractivity contribution in [3.8, 4) is 23.3 Å². The lowest BCUT2D eigenvalue weighted by molar-refractivity contribution is -0.111. The zero-order valence-electron chi connectivity index (χ0n) is 34.6. The molecule has 6 atom stereocenters. The standard InChI is InChI=1S/C45H54N4O11/c1-27-22-32-40(47-17-10-6-7-12-30-13-11-14-31-34(50)26-39(59-44(30)31)49-18-20-58-21-19-49)35(51)25-33(42(32)54)48-38(52)16-9-8-15-36(56-4)43(60-45(46)55)29(3)24-28(2)41(53)37(23-27)57-5/h8-9,11,13-17,24-28,36-37,41,43,51,53-54H,6,10,18-23H2,1-5H3,(H2,46,55)(H,48,52)/t27-,28+,36+,37+,41-,43+/m1/s1. The van der Waals surface area contributed by atoms with Crippen molar-refractivity contribution in [2.75, 3.05) is 50.7 Å². The zero-order valence-corrected chi connectivity index (χ0v) is 34.6. The number of hydrogen-bond acceptors (Lipinski definition) is 13. The molecule has 1 aromatic heterocycles. The van der Waals surface area contributed by atoms with Crippen molar-refractivity contribution < 1.29 is 48.3 Å². The average Bonchev–Trinajstić information content (AvgIpc) is 3.22. The monoisotopic (exact) mass is 826 g/mol. The van der Waals surface area contributed by atoms with Crippen LogP contribution in [0.4, 0.5) is 22.1 Å². The van der Waals surface area contributed by atoms with Gasteiger partial charge >= 0.3 is 6.09 Å². The molecule has 320 valence electrons. The van der Waals surface area contributed by atoms with E-state index in [4.69, 9.17) is 29.1 Å². The fourth-order valence-corrected chi connectivity index (χ4v) is 7.28. The number of ether oxygens (including phenoxy) is 4. The number of nitrogens with two attached hydrogens (primary N) is 1. The number of rotatable bonds is 7. The van der Waals surface area contributed by atoms with E-state index in [-0.39, 0.29) is 46.2 Å². The molecular formula is C45H54N4O11. The number of phenols is 2. The SMILES string of the molecule is CO[C@H]1C=CC=CC(=O)Nc2cc(O)c(N=CCCC#Cc3cccc4c(=O)cc(N5CCOCC5)oc34)c(c2O)C[C@@H](C)C[C@H](OC)[C@H](O)[C@@H](C)C=C(C)[C@@H]1OC(N)=O. The Kier molecular flexibility index (Phi) is 16.1. The van der Waals surface area contributed by atoms with Gasteiger partial charge in [0, 0.05) is 69.6 Å². The molecular weight excluding hydrogens is 773 g/mol. The molecule has 15 heteroatoms. The number of phenolic OH excluding ortho intramolecular Hbond substituents is 2. The van der Waals surface area contributed by atoms with E-state index in [0.717, 1.165) is 0 Å². The number of primary amides is 1. The summed E-state index contributed by atoms with van der Waals surface area (Å²) < 4.78 is 28.3. The molecule has 2 aromatic carbocycles. The molecule has 3 heterocycles. The normalized spacial score (nSPS) is 23.2. The van der Waals surface area contributed by atoms with E-state index >= 15 is 0 Å². The molecule has 0 saturated carbocycles. The zero-order chi connectivity index (χ0) is 43.3. The fraction of sp³-hybridized carbons (Fsp3) is 0.422. The number of fused-ring (bicyclic) bond motifs is 3. The summed E-state index contributed by atoms with van der Waals surface area (Å²) >= 11 is 0. The van der Waals surface area contributed by atoms with Crippen molar-refractivity contribution in [3.63, 3.8) is 0 Å². The van der Waals surface area contributed by atoms with Crippen LogP contribution in [0.1, 0.15) is 51.2 Å². The summed E-state index contributed by atoms with van der Waals surface area (Å²) in [5.41, 5.74) is 7.17. The Balaban J connectivity index is 1.41. The van der Waals surface area contributed by atoms with Gasteiger partial charge in [0.15, 0.2) is 23.0 Å². The van der Waals surface area contributed by atoms with E-state index in [2.05, 4.69) is 22.2 Å². The highest BCUT2D eigenvalue weighted by atomic mass is 16.6. The molecule has 0 radical (unpaired) electrons. The molecule has 5 rings (SSSR count). The highest BCUT2D eigenvalue weighted by Crippen LogP contribution is 2.44. The van der Waals surface area contributed by atoms with Gasteiger partial charge < -0.3 is 54.6 Å². The molecule has 1 fully saturated rings. The van der Waals surface area contributed by atoms with Crippen LogP contribution in [0, 0.1) is 23.7 Å². The van der Waals surface area contributed by atoms with Crippen molar-refractivity contribution >= 4 is 46.4 Å². The van der Waals surface area contributed by atoms with Crippen LogP contribution in [-0.4, -0.2) is 98.5 Å². The second kappa shape index (κ2) is 21.4. The number of nitrogens with zero attached hydrogens (tertiary/aromatic N) is 2. The first-order valence-corrected chi connectivity index (χ1v) is 19.8. The molecule has 1 saturated heterocycles. The van der Waals surface area contributed by atoms with E-state index in [0.29, 0.717) is 73.6 Å². The summed E-state index contributed by atoms with van der Waals surface area (Å²) in [6, 6.07) is 7.99. The van der Waals surface area contributed by atoms with Crippen LogP contribution in [0.25, 0.3) is 11.0 Å². The van der Waals surface area contributed by atoms with E-state index < -0.39 is 42.3 Å².